The van der Waals surface area contributed by atoms with Crippen LogP contribution in [0.1, 0.15) is 91.5 Å². The molecule has 2 bridgehead atoms. The molecule has 2 fully saturated rings. The van der Waals surface area contributed by atoms with Crippen LogP contribution in [0.4, 0.5) is 0 Å². The van der Waals surface area contributed by atoms with Gasteiger partial charge in [-0.2, -0.15) is 0 Å². The number of aliphatic hydroxyl groups is 1. The molecule has 0 spiro atoms. The number of Topliss-reactive ketones (excluding diaryl/α,β-unsaturated/α-hetero) is 1. The number of nitrogens with one attached hydrogen (secondary N) is 3. The molecule has 0 aromatic heterocycles. The fraction of sp³-hybridized carbons (Fsp3) is 0.556. The largest absolute Gasteiger partial charge is 0.456 e. The third-order valence-electron chi connectivity index (χ3n) is 10.9. The Hall–Kier alpha value is -4.92. The number of hydroxylamine groups is 2. The second kappa shape index (κ2) is 23.6. The first-order chi connectivity index (χ1) is 28.2. The van der Waals surface area contributed by atoms with Crippen LogP contribution in [0.5, 0.6) is 0 Å². The Morgan fingerprint density at radius 2 is 1.68 bits per heavy atom. The van der Waals surface area contributed by atoms with Crippen LogP contribution in [-0.2, 0) is 44.8 Å². The molecular formula is C45H63N5O9. The van der Waals surface area contributed by atoms with E-state index >= 15 is 0 Å². The van der Waals surface area contributed by atoms with Crippen LogP contribution in [0, 0.1) is 17.8 Å². The van der Waals surface area contributed by atoms with Crippen molar-refractivity contribution in [3.8, 4) is 0 Å². The number of carbonyl (C=O) groups is 6. The van der Waals surface area contributed by atoms with Crippen molar-refractivity contribution in [3.05, 3.63) is 84.0 Å². The van der Waals surface area contributed by atoms with Crippen molar-refractivity contribution in [1.29, 1.82) is 0 Å². The smallest absolute Gasteiger partial charge is 0.325 e. The van der Waals surface area contributed by atoms with Gasteiger partial charge in [0.25, 0.3) is 11.8 Å². The molecule has 5 unspecified atom stereocenters. The van der Waals surface area contributed by atoms with Gasteiger partial charge in [0.15, 0.2) is 0 Å². The fourth-order valence-electron chi connectivity index (χ4n) is 7.21. The standard InChI is InChI=1S/C45H63N5O9/c1-30(2)40-43(55)46-37(29-34-19-10-8-11-20-34)44(56)49-26-16-21-36(48-49)45(57)59-38(31(3)18-15-23-39(52)50-27-13-14-28-58-50)22-12-7-6-9-17-32(4)41(53)35(42(54)47-40)25-24-33(5)51/h6-12,15,18-20,23,30,32,35-38,40-41,48,53H,13-14,16-17,21-22,24-29H2,1-5H3,(H,46,55)(H,47,54)/b9-6+,12-7+,23-15+,31-18+/t32?,35-,36?,37?,38+,40?,41?/m1/s1. The summed E-state index contributed by atoms with van der Waals surface area (Å²) in [6, 6.07) is 6.24. The summed E-state index contributed by atoms with van der Waals surface area (Å²) in [4.78, 5) is 86.2. The number of ketones is 1. The minimum Gasteiger partial charge on any atom is -0.456 e. The number of fused-ring (bicyclic) bond motifs is 2. The van der Waals surface area contributed by atoms with Crippen molar-refractivity contribution in [2.75, 3.05) is 19.7 Å². The zero-order valence-electron chi connectivity index (χ0n) is 35.1. The lowest BCUT2D eigenvalue weighted by molar-refractivity contribution is -0.191. The Kier molecular flexibility index (Phi) is 18.7. The van der Waals surface area contributed by atoms with Crippen LogP contribution >= 0.6 is 0 Å². The maximum atomic E-state index is 14.3. The van der Waals surface area contributed by atoms with E-state index in [2.05, 4.69) is 16.1 Å². The zero-order chi connectivity index (χ0) is 42.9. The predicted molar refractivity (Wildman–Crippen MR) is 222 cm³/mol. The molecular weight excluding hydrogens is 755 g/mol. The third-order valence-corrected chi connectivity index (χ3v) is 10.9. The van der Waals surface area contributed by atoms with Gasteiger partial charge >= 0.3 is 5.97 Å². The van der Waals surface area contributed by atoms with Gasteiger partial charge in [-0.15, -0.1) is 0 Å². The molecule has 59 heavy (non-hydrogen) atoms. The number of hydrogen-bond donors (Lipinski definition) is 4. The summed E-state index contributed by atoms with van der Waals surface area (Å²) in [7, 11) is 0. The van der Waals surface area contributed by atoms with Gasteiger partial charge in [-0.3, -0.25) is 33.8 Å². The van der Waals surface area contributed by atoms with E-state index in [1.807, 2.05) is 68.5 Å². The Morgan fingerprint density at radius 3 is 2.36 bits per heavy atom. The maximum absolute atomic E-state index is 14.3. The molecule has 0 aliphatic carbocycles. The highest BCUT2D eigenvalue weighted by atomic mass is 16.7. The maximum Gasteiger partial charge on any atom is 0.325 e. The van der Waals surface area contributed by atoms with Gasteiger partial charge in [-0.1, -0.05) is 87.6 Å². The molecule has 3 heterocycles. The molecule has 322 valence electrons. The Labute approximate surface area is 348 Å². The van der Waals surface area contributed by atoms with Crippen LogP contribution in [-0.4, -0.2) is 101 Å². The number of nitrogens with zero attached hydrogens (tertiary/aromatic N) is 2. The summed E-state index contributed by atoms with van der Waals surface area (Å²) < 4.78 is 6.09. The monoisotopic (exact) mass is 817 g/mol. The molecule has 4 amide bonds. The number of esters is 1. The Balaban J connectivity index is 1.66. The summed E-state index contributed by atoms with van der Waals surface area (Å²) in [6.45, 7) is 9.89. The minimum atomic E-state index is -1.12. The van der Waals surface area contributed by atoms with Gasteiger partial charge < -0.3 is 25.3 Å². The van der Waals surface area contributed by atoms with E-state index < -0.39 is 65.9 Å². The number of benzene rings is 1. The van der Waals surface area contributed by atoms with Crippen LogP contribution in [0.15, 0.2) is 78.4 Å². The summed E-state index contributed by atoms with van der Waals surface area (Å²) in [6.07, 6.45) is 13.9. The van der Waals surface area contributed by atoms with E-state index in [0.29, 0.717) is 44.4 Å². The first-order valence-corrected chi connectivity index (χ1v) is 21.0. The number of cyclic esters (lactones) is 1. The van der Waals surface area contributed by atoms with Gasteiger partial charge in [0.1, 0.15) is 30.0 Å². The predicted octanol–water partition coefficient (Wildman–Crippen LogP) is 4.21. The Bertz CT molecular complexity index is 1720. The van der Waals surface area contributed by atoms with Gasteiger partial charge in [0, 0.05) is 38.4 Å². The molecule has 1 aromatic rings. The average molecular weight is 818 g/mol. The number of ether oxygens (including phenoxy) is 1. The fourth-order valence-corrected chi connectivity index (χ4v) is 7.21. The lowest BCUT2D eigenvalue weighted by Gasteiger charge is -2.36. The van der Waals surface area contributed by atoms with E-state index in [4.69, 9.17) is 9.57 Å². The van der Waals surface area contributed by atoms with Crippen molar-refractivity contribution in [1.82, 2.24) is 26.1 Å². The number of carbonyl (C=O) groups excluding carboxylic acids is 6. The number of hydrazine groups is 1. The highest BCUT2D eigenvalue weighted by Gasteiger charge is 2.38. The van der Waals surface area contributed by atoms with E-state index in [0.717, 1.165) is 18.4 Å². The number of allylic oxidation sites excluding steroid dienone is 5. The van der Waals surface area contributed by atoms with Crippen LogP contribution in [0.2, 0.25) is 0 Å². The van der Waals surface area contributed by atoms with Crippen LogP contribution in [0.3, 0.4) is 0 Å². The van der Waals surface area contributed by atoms with Gasteiger partial charge in [0.2, 0.25) is 11.8 Å². The number of amides is 4. The molecule has 4 rings (SSSR count). The first kappa shape index (κ1) is 46.8. The van der Waals surface area contributed by atoms with Crippen molar-refractivity contribution in [2.45, 2.75) is 123 Å². The van der Waals surface area contributed by atoms with Crippen LogP contribution in [0.25, 0.3) is 0 Å². The van der Waals surface area contributed by atoms with Gasteiger partial charge in [0.05, 0.1) is 18.6 Å². The van der Waals surface area contributed by atoms with E-state index in [9.17, 15) is 33.9 Å². The molecule has 3 aliphatic rings. The minimum absolute atomic E-state index is 0.0784. The molecule has 0 radical (unpaired) electrons. The average Bonchev–Trinajstić information content (AvgIpc) is 3.22. The van der Waals surface area contributed by atoms with Crippen molar-refractivity contribution < 1.29 is 43.4 Å². The highest BCUT2D eigenvalue weighted by molar-refractivity contribution is 5.93. The number of rotatable bonds is 9. The molecule has 14 heteroatoms. The SMILES string of the molecule is CC(=O)CC[C@H]1C(=O)NC(C(C)C)C(=O)NC(Cc2ccccc2)C(=O)N2CCCC(N2)C(=O)O[C@H](/C(C)=C/C=C/C(=O)N2CCCCO2)C/C=C/C=C/CC(C)C1O. The molecule has 14 nitrogen and oxygen atoms in total. The topological polar surface area (TPSA) is 184 Å². The van der Waals surface area contributed by atoms with Gasteiger partial charge in [-0.05, 0) is 75.3 Å². The summed E-state index contributed by atoms with van der Waals surface area (Å²) in [5.41, 5.74) is 4.54. The van der Waals surface area contributed by atoms with Crippen LogP contribution < -0.4 is 16.1 Å². The highest BCUT2D eigenvalue weighted by Crippen LogP contribution is 2.24. The van der Waals surface area contributed by atoms with Gasteiger partial charge in [-0.25, -0.2) is 10.5 Å². The second-order valence-electron chi connectivity index (χ2n) is 16.1. The summed E-state index contributed by atoms with van der Waals surface area (Å²) in [5, 5.41) is 19.9. The zero-order valence-corrected chi connectivity index (χ0v) is 35.1. The van der Waals surface area contributed by atoms with E-state index in [1.54, 1.807) is 26.0 Å². The normalized spacial score (nSPS) is 28.5. The van der Waals surface area contributed by atoms with Crippen molar-refractivity contribution >= 4 is 35.4 Å². The Morgan fingerprint density at radius 1 is 0.949 bits per heavy atom. The molecule has 2 saturated heterocycles. The molecule has 1 aromatic carbocycles. The van der Waals surface area contributed by atoms with Crippen molar-refractivity contribution in [3.63, 3.8) is 0 Å². The summed E-state index contributed by atoms with van der Waals surface area (Å²) >= 11 is 0. The lowest BCUT2D eigenvalue weighted by Crippen LogP contribution is -2.62. The van der Waals surface area contributed by atoms with E-state index in [-0.39, 0.29) is 43.4 Å². The first-order valence-electron chi connectivity index (χ1n) is 21.0. The second-order valence-corrected chi connectivity index (χ2v) is 16.1. The quantitative estimate of drug-likeness (QED) is 0.160. The lowest BCUT2D eigenvalue weighted by atomic mass is 9.85. The van der Waals surface area contributed by atoms with Crippen molar-refractivity contribution in [2.24, 2.45) is 17.8 Å². The molecule has 7 atom stereocenters. The van der Waals surface area contributed by atoms with E-state index in [1.165, 1.54) is 23.1 Å². The number of hydrogen-bond acceptors (Lipinski definition) is 10. The third kappa shape index (κ3) is 14.7. The number of aliphatic hydroxyl groups excluding tert-OH is 1. The molecule has 4 N–H and O–H groups in total. The molecule has 0 saturated carbocycles. The molecule has 3 aliphatic heterocycles. The summed E-state index contributed by atoms with van der Waals surface area (Å²) in [5.74, 6) is -4.30.